The number of nitrogens with zero attached hydrogens (tertiary/aromatic N) is 2. The fourth-order valence-corrected chi connectivity index (χ4v) is 2.74. The lowest BCUT2D eigenvalue weighted by Gasteiger charge is -2.32. The van der Waals surface area contributed by atoms with Crippen LogP contribution in [0.1, 0.15) is 29.6 Å². The molecule has 24 heavy (non-hydrogen) atoms. The smallest absolute Gasteiger partial charge is 0.282 e. The van der Waals surface area contributed by atoms with Crippen LogP contribution in [-0.2, 0) is 4.74 Å². The molecule has 1 saturated heterocycles. The maximum absolute atomic E-state index is 12.5. The van der Waals surface area contributed by atoms with Crippen LogP contribution in [0.25, 0.3) is 0 Å². The summed E-state index contributed by atoms with van der Waals surface area (Å²) in [5, 5.41) is 11.4. The molecule has 1 aliphatic rings. The first kappa shape index (κ1) is 20.6. The highest BCUT2D eigenvalue weighted by Gasteiger charge is 2.28. The van der Waals surface area contributed by atoms with Gasteiger partial charge in [-0.25, -0.2) is 0 Å². The quantitative estimate of drug-likeness (QED) is 0.466. The first-order chi connectivity index (χ1) is 11.0. The third-order valence-electron chi connectivity index (χ3n) is 3.82. The highest BCUT2D eigenvalue weighted by molar-refractivity contribution is 6.31. The van der Waals surface area contributed by atoms with E-state index in [1.54, 1.807) is 4.90 Å². The van der Waals surface area contributed by atoms with Gasteiger partial charge < -0.3 is 15.4 Å². The summed E-state index contributed by atoms with van der Waals surface area (Å²) in [5.74, 6) is -0.361. The maximum Gasteiger partial charge on any atom is 0.282 e. The molecule has 1 amide bonds. The number of hydrogen-bond donors (Lipinski definition) is 1. The fourth-order valence-electron chi connectivity index (χ4n) is 2.57. The zero-order valence-electron chi connectivity index (χ0n) is 13.2. The number of rotatable bonds is 6. The minimum atomic E-state index is -0.563. The van der Waals surface area contributed by atoms with E-state index in [9.17, 15) is 14.9 Å². The number of carbonyl (C=O) groups is 1. The van der Waals surface area contributed by atoms with Crippen molar-refractivity contribution in [3.05, 3.63) is 38.9 Å². The van der Waals surface area contributed by atoms with Crippen molar-refractivity contribution in [2.75, 3.05) is 26.2 Å². The van der Waals surface area contributed by atoms with E-state index >= 15 is 0 Å². The molecule has 0 bridgehead atoms. The van der Waals surface area contributed by atoms with Crippen molar-refractivity contribution in [3.63, 3.8) is 0 Å². The van der Waals surface area contributed by atoms with Gasteiger partial charge in [-0.1, -0.05) is 11.6 Å². The highest BCUT2D eigenvalue weighted by Crippen LogP contribution is 2.25. The molecule has 1 aromatic carbocycles. The van der Waals surface area contributed by atoms with Crippen LogP contribution in [0.4, 0.5) is 5.69 Å². The summed E-state index contributed by atoms with van der Waals surface area (Å²) >= 11 is 5.88. The second kappa shape index (κ2) is 9.78. The third kappa shape index (κ3) is 5.31. The van der Waals surface area contributed by atoms with Gasteiger partial charge in [-0.15, -0.1) is 12.4 Å². The van der Waals surface area contributed by atoms with Crippen LogP contribution in [0.3, 0.4) is 0 Å². The molecule has 7 nitrogen and oxygen atoms in total. The number of piperidine rings is 1. The van der Waals surface area contributed by atoms with E-state index < -0.39 is 4.92 Å². The first-order valence-corrected chi connectivity index (χ1v) is 7.95. The molecule has 1 aromatic rings. The number of carbonyl (C=O) groups excluding carboxylic acids is 1. The van der Waals surface area contributed by atoms with Gasteiger partial charge in [-0.2, -0.15) is 0 Å². The van der Waals surface area contributed by atoms with Crippen LogP contribution in [-0.4, -0.2) is 48.1 Å². The van der Waals surface area contributed by atoms with Crippen LogP contribution in [0.2, 0.25) is 5.02 Å². The molecular formula is C15H21Cl2N3O4. The summed E-state index contributed by atoms with van der Waals surface area (Å²) in [4.78, 5) is 24.7. The zero-order chi connectivity index (χ0) is 16.8. The molecule has 1 heterocycles. The van der Waals surface area contributed by atoms with Crippen LogP contribution >= 0.6 is 24.0 Å². The molecule has 1 fully saturated rings. The Balaban J connectivity index is 0.00000288. The van der Waals surface area contributed by atoms with Gasteiger partial charge in [0.05, 0.1) is 11.0 Å². The number of hydrogen-bond acceptors (Lipinski definition) is 5. The summed E-state index contributed by atoms with van der Waals surface area (Å²) in [6.07, 6.45) is 2.35. The van der Waals surface area contributed by atoms with Crippen LogP contribution < -0.4 is 5.73 Å². The SMILES string of the molecule is Cl.NCCCOC1CCN(C(=O)c2cc(Cl)ccc2[N+](=O)[O-])CC1. The number of nitro benzene ring substituents is 1. The Morgan fingerprint density at radius 2 is 2.08 bits per heavy atom. The number of halogens is 2. The largest absolute Gasteiger partial charge is 0.378 e. The lowest BCUT2D eigenvalue weighted by molar-refractivity contribution is -0.385. The van der Waals surface area contributed by atoms with Gasteiger partial charge in [0.1, 0.15) is 5.56 Å². The molecule has 0 aliphatic carbocycles. The minimum absolute atomic E-state index is 0. The second-order valence-corrected chi connectivity index (χ2v) is 5.86. The molecule has 1 aliphatic heterocycles. The van der Waals surface area contributed by atoms with Gasteiger partial charge in [-0.3, -0.25) is 14.9 Å². The molecular weight excluding hydrogens is 357 g/mol. The van der Waals surface area contributed by atoms with E-state index in [1.807, 2.05) is 0 Å². The van der Waals surface area contributed by atoms with Crippen molar-refractivity contribution in [2.24, 2.45) is 5.73 Å². The van der Waals surface area contributed by atoms with E-state index in [1.165, 1.54) is 18.2 Å². The second-order valence-electron chi connectivity index (χ2n) is 5.42. The Morgan fingerprint density at radius 3 is 2.67 bits per heavy atom. The Bertz CT molecular complexity index is 578. The normalized spacial score (nSPS) is 15.0. The number of amides is 1. The van der Waals surface area contributed by atoms with Gasteiger partial charge in [0, 0.05) is 30.8 Å². The zero-order valence-corrected chi connectivity index (χ0v) is 14.7. The van der Waals surface area contributed by atoms with E-state index in [0.717, 1.165) is 6.42 Å². The van der Waals surface area contributed by atoms with Crippen molar-refractivity contribution in [2.45, 2.75) is 25.4 Å². The Morgan fingerprint density at radius 1 is 1.42 bits per heavy atom. The van der Waals surface area contributed by atoms with Crippen molar-refractivity contribution in [1.82, 2.24) is 4.90 Å². The lowest BCUT2D eigenvalue weighted by atomic mass is 10.1. The number of nitrogens with two attached hydrogens (primary N) is 1. The predicted molar refractivity (Wildman–Crippen MR) is 93.9 cm³/mol. The predicted octanol–water partition coefficient (Wildman–Crippen LogP) is 2.64. The molecule has 0 atom stereocenters. The van der Waals surface area contributed by atoms with E-state index in [-0.39, 0.29) is 35.7 Å². The molecule has 0 saturated carbocycles. The highest BCUT2D eigenvalue weighted by atomic mass is 35.5. The van der Waals surface area contributed by atoms with Crippen LogP contribution in [0.5, 0.6) is 0 Å². The van der Waals surface area contributed by atoms with Gasteiger partial charge in [0.15, 0.2) is 0 Å². The molecule has 0 spiro atoms. The summed E-state index contributed by atoms with van der Waals surface area (Å²) in [6.45, 7) is 2.23. The van der Waals surface area contributed by atoms with Gasteiger partial charge in [0.25, 0.3) is 11.6 Å². The van der Waals surface area contributed by atoms with Gasteiger partial charge in [-0.05, 0) is 37.9 Å². The molecule has 0 aromatic heterocycles. The monoisotopic (exact) mass is 377 g/mol. The Labute approximate surface area is 151 Å². The molecule has 2 N–H and O–H groups in total. The first-order valence-electron chi connectivity index (χ1n) is 7.58. The van der Waals surface area contributed by atoms with E-state index in [4.69, 9.17) is 22.1 Å². The van der Waals surface area contributed by atoms with Gasteiger partial charge in [0.2, 0.25) is 0 Å². The Kier molecular flexibility index (Phi) is 8.41. The van der Waals surface area contributed by atoms with Crippen molar-refractivity contribution >= 4 is 35.6 Å². The van der Waals surface area contributed by atoms with E-state index in [0.29, 0.717) is 44.1 Å². The van der Waals surface area contributed by atoms with Crippen molar-refractivity contribution in [3.8, 4) is 0 Å². The Hall–Kier alpha value is -1.41. The van der Waals surface area contributed by atoms with E-state index in [2.05, 4.69) is 0 Å². The average Bonchev–Trinajstić information content (AvgIpc) is 2.54. The number of ether oxygens (including phenoxy) is 1. The summed E-state index contributed by atoms with van der Waals surface area (Å²) in [7, 11) is 0. The molecule has 2 rings (SSSR count). The number of nitro groups is 1. The van der Waals surface area contributed by atoms with Crippen LogP contribution in [0.15, 0.2) is 18.2 Å². The number of likely N-dealkylation sites (tertiary alicyclic amines) is 1. The third-order valence-corrected chi connectivity index (χ3v) is 4.05. The standard InChI is InChI=1S/C15H20ClN3O4.ClH/c16-11-2-3-14(19(21)22)13(10-11)15(20)18-7-4-12(5-8-18)23-9-1-6-17;/h2-3,10,12H,1,4-9,17H2;1H. The summed E-state index contributed by atoms with van der Waals surface area (Å²) in [5.41, 5.74) is 5.23. The molecule has 0 radical (unpaired) electrons. The topological polar surface area (TPSA) is 98.7 Å². The molecule has 0 unspecified atom stereocenters. The minimum Gasteiger partial charge on any atom is -0.378 e. The summed E-state index contributed by atoms with van der Waals surface area (Å²) in [6, 6.07) is 4.03. The lowest BCUT2D eigenvalue weighted by Crippen LogP contribution is -2.41. The van der Waals surface area contributed by atoms with Crippen molar-refractivity contribution < 1.29 is 14.5 Å². The average molecular weight is 378 g/mol. The fraction of sp³-hybridized carbons (Fsp3) is 0.533. The number of benzene rings is 1. The van der Waals surface area contributed by atoms with Crippen LogP contribution in [0, 0.1) is 10.1 Å². The maximum atomic E-state index is 12.5. The van der Waals surface area contributed by atoms with Crippen molar-refractivity contribution in [1.29, 1.82) is 0 Å². The summed E-state index contributed by atoms with van der Waals surface area (Å²) < 4.78 is 5.69. The molecule has 9 heteroatoms. The van der Waals surface area contributed by atoms with Gasteiger partial charge >= 0.3 is 0 Å². The molecule has 134 valence electrons.